The Morgan fingerprint density at radius 3 is 2.47 bits per heavy atom. The number of hydrogen-bond donors (Lipinski definition) is 2. The Kier molecular flexibility index (Phi) is 6.87. The Morgan fingerprint density at radius 2 is 1.79 bits per heavy atom. The molecular weight excluding hydrogens is 463 g/mol. The van der Waals surface area contributed by atoms with E-state index in [0.717, 1.165) is 11.1 Å². The van der Waals surface area contributed by atoms with E-state index < -0.39 is 11.9 Å². The van der Waals surface area contributed by atoms with Gasteiger partial charge in [0, 0.05) is 29.8 Å². The zero-order valence-electron chi connectivity index (χ0n) is 18.8. The summed E-state index contributed by atoms with van der Waals surface area (Å²) >= 11 is 0.275. The minimum Gasteiger partial charge on any atom is -0.484 e. The molecule has 0 amide bonds. The van der Waals surface area contributed by atoms with Crippen LogP contribution in [0, 0.1) is 5.82 Å². The first-order valence-corrected chi connectivity index (χ1v) is 11.5. The van der Waals surface area contributed by atoms with Crippen molar-refractivity contribution in [2.75, 3.05) is 10.5 Å². The number of halogens is 3. The van der Waals surface area contributed by atoms with E-state index in [2.05, 4.69) is 9.71 Å². The number of nitrogens with two attached hydrogens (primary N) is 1. The predicted molar refractivity (Wildman–Crippen MR) is 130 cm³/mol. The Labute approximate surface area is 199 Å². The number of ether oxygens (including phenoxy) is 1. The van der Waals surface area contributed by atoms with Crippen LogP contribution < -0.4 is 15.2 Å². The highest BCUT2D eigenvalue weighted by atomic mass is 32.2. The minimum absolute atomic E-state index is 0.0793. The fourth-order valence-electron chi connectivity index (χ4n) is 3.66. The summed E-state index contributed by atoms with van der Waals surface area (Å²) in [6.07, 6.45) is 1.17. The topological polar surface area (TPSA) is 78.0 Å². The molecule has 0 aliphatic carbocycles. The molecular formula is C24H24F3N5OS. The van der Waals surface area contributed by atoms with E-state index in [0.29, 0.717) is 33.9 Å². The van der Waals surface area contributed by atoms with Crippen molar-refractivity contribution in [3.63, 3.8) is 0 Å². The summed E-state index contributed by atoms with van der Waals surface area (Å²) in [5.74, 6) is -2.28. The van der Waals surface area contributed by atoms with E-state index in [1.54, 1.807) is 43.5 Å². The van der Waals surface area contributed by atoms with Crippen LogP contribution in [0.25, 0.3) is 22.2 Å². The number of hydrogen-bond acceptors (Lipinski definition) is 6. The van der Waals surface area contributed by atoms with Gasteiger partial charge in [-0.05, 0) is 56.7 Å². The molecule has 10 heteroatoms. The molecule has 34 heavy (non-hydrogen) atoms. The lowest BCUT2D eigenvalue weighted by Crippen LogP contribution is -2.05. The summed E-state index contributed by atoms with van der Waals surface area (Å²) in [6.45, 7) is 5.83. The van der Waals surface area contributed by atoms with E-state index in [9.17, 15) is 13.2 Å². The molecule has 2 aromatic heterocycles. The second kappa shape index (κ2) is 9.84. The maximum absolute atomic E-state index is 13.3. The van der Waals surface area contributed by atoms with Crippen LogP contribution >= 0.6 is 11.9 Å². The summed E-state index contributed by atoms with van der Waals surface area (Å²) in [5.41, 5.74) is 9.46. The molecule has 178 valence electrons. The van der Waals surface area contributed by atoms with Gasteiger partial charge >= 0.3 is 5.76 Å². The lowest BCUT2D eigenvalue weighted by Gasteiger charge is -2.19. The second-order valence-electron chi connectivity index (χ2n) is 7.98. The molecule has 1 atom stereocenters. The minimum atomic E-state index is -2.61. The lowest BCUT2D eigenvalue weighted by molar-refractivity contribution is 0.228. The number of benzene rings is 2. The van der Waals surface area contributed by atoms with Gasteiger partial charge in [0.1, 0.15) is 29.2 Å². The van der Waals surface area contributed by atoms with Gasteiger partial charge in [-0.2, -0.15) is 13.9 Å². The number of nitrogens with one attached hydrogen (secondary N) is 1. The molecule has 2 aromatic carbocycles. The maximum Gasteiger partial charge on any atom is 0.302 e. The summed E-state index contributed by atoms with van der Waals surface area (Å²) in [6, 6.07) is 13.0. The third-order valence-electron chi connectivity index (χ3n) is 5.29. The molecule has 0 aliphatic heterocycles. The average molecular weight is 488 g/mol. The molecule has 3 N–H and O–H groups in total. The number of nitrogen functional groups attached to an aromatic ring is 1. The van der Waals surface area contributed by atoms with E-state index >= 15 is 0 Å². The quantitative estimate of drug-likeness (QED) is 0.266. The Hall–Kier alpha value is -3.40. The van der Waals surface area contributed by atoms with Crippen molar-refractivity contribution in [2.45, 2.75) is 38.7 Å². The molecule has 1 unspecified atom stereocenters. The highest BCUT2D eigenvalue weighted by molar-refractivity contribution is 8.00. The number of fused-ring (bicyclic) bond motifs is 1. The van der Waals surface area contributed by atoms with Crippen molar-refractivity contribution in [2.24, 2.45) is 0 Å². The van der Waals surface area contributed by atoms with Gasteiger partial charge < -0.3 is 15.2 Å². The second-order valence-corrected chi connectivity index (χ2v) is 8.78. The highest BCUT2D eigenvalue weighted by Crippen LogP contribution is 2.39. The van der Waals surface area contributed by atoms with Gasteiger partial charge in [0.2, 0.25) is 0 Å². The van der Waals surface area contributed by atoms with Crippen molar-refractivity contribution < 1.29 is 17.9 Å². The lowest BCUT2D eigenvalue weighted by atomic mass is 10.1. The van der Waals surface area contributed by atoms with Gasteiger partial charge in [-0.1, -0.05) is 18.2 Å². The van der Waals surface area contributed by atoms with Gasteiger partial charge in [-0.15, -0.1) is 0 Å². The smallest absolute Gasteiger partial charge is 0.302 e. The van der Waals surface area contributed by atoms with Crippen LogP contribution in [0.1, 0.15) is 38.5 Å². The summed E-state index contributed by atoms with van der Waals surface area (Å²) in [5, 5.41) is 5.47. The average Bonchev–Trinajstić information content (AvgIpc) is 3.20. The Balaban J connectivity index is 1.78. The number of nitrogens with zero attached hydrogens (tertiary/aromatic N) is 3. The van der Waals surface area contributed by atoms with Crippen molar-refractivity contribution >= 4 is 34.4 Å². The van der Waals surface area contributed by atoms with Gasteiger partial charge in [0.05, 0.1) is 16.6 Å². The molecule has 0 aliphatic rings. The normalized spacial score (nSPS) is 12.5. The first-order valence-electron chi connectivity index (χ1n) is 10.6. The van der Waals surface area contributed by atoms with Crippen molar-refractivity contribution in [3.8, 4) is 17.0 Å². The first kappa shape index (κ1) is 23.7. The van der Waals surface area contributed by atoms with Gasteiger partial charge in [0.15, 0.2) is 0 Å². The van der Waals surface area contributed by atoms with Crippen molar-refractivity contribution in [1.29, 1.82) is 0 Å². The van der Waals surface area contributed by atoms with Crippen LogP contribution in [-0.4, -0.2) is 20.5 Å². The van der Waals surface area contributed by atoms with Gasteiger partial charge in [0.25, 0.3) is 0 Å². The molecule has 2 heterocycles. The van der Waals surface area contributed by atoms with Crippen LogP contribution in [0.3, 0.4) is 0 Å². The fraction of sp³-hybridized carbons (Fsp3) is 0.250. The van der Waals surface area contributed by atoms with E-state index in [1.807, 2.05) is 24.6 Å². The summed E-state index contributed by atoms with van der Waals surface area (Å²) in [4.78, 5) is 4.21. The standard InChI is InChI=1S/C24H24F3N5OS/c1-13(2)32-19-10-11-29-23(28)21(19)22(30-32)16-6-9-18(31-34-24(26)27)20(12-16)33-14(3)15-4-7-17(25)8-5-15/h4-14,24,31H,1-3H3,(H2,28,29). The SMILES string of the molecule is CC(Oc1cc(-c2nn(C(C)C)c3ccnc(N)c23)ccc1NSC(F)F)c1ccc(F)cc1. The molecule has 0 spiro atoms. The van der Waals surface area contributed by atoms with Crippen molar-refractivity contribution in [3.05, 3.63) is 66.1 Å². The number of pyridine rings is 1. The molecule has 0 fully saturated rings. The Morgan fingerprint density at radius 1 is 1.06 bits per heavy atom. The van der Waals surface area contributed by atoms with Crippen LogP contribution in [0.5, 0.6) is 5.75 Å². The third kappa shape index (κ3) is 4.91. The Bertz CT molecular complexity index is 1290. The fourth-order valence-corrected chi connectivity index (χ4v) is 4.04. The molecule has 0 bridgehead atoms. The molecule has 0 radical (unpaired) electrons. The number of aromatic nitrogens is 3. The molecule has 4 rings (SSSR count). The van der Waals surface area contributed by atoms with E-state index in [4.69, 9.17) is 15.6 Å². The van der Waals surface area contributed by atoms with E-state index in [-0.39, 0.29) is 23.8 Å². The zero-order chi connectivity index (χ0) is 24.4. The van der Waals surface area contributed by atoms with Crippen LogP contribution in [0.4, 0.5) is 24.7 Å². The molecule has 0 saturated heterocycles. The summed E-state index contributed by atoms with van der Waals surface area (Å²) < 4.78 is 49.7. The van der Waals surface area contributed by atoms with Crippen LogP contribution in [0.15, 0.2) is 54.7 Å². The molecule has 4 aromatic rings. The first-order chi connectivity index (χ1) is 16.2. The predicted octanol–water partition coefficient (Wildman–Crippen LogP) is 6.82. The number of alkyl halides is 2. The van der Waals surface area contributed by atoms with Gasteiger partial charge in [-0.3, -0.25) is 4.68 Å². The monoisotopic (exact) mass is 487 g/mol. The third-order valence-corrected chi connectivity index (χ3v) is 5.81. The van der Waals surface area contributed by atoms with Gasteiger partial charge in [-0.25, -0.2) is 9.37 Å². The van der Waals surface area contributed by atoms with Crippen LogP contribution in [-0.2, 0) is 0 Å². The molecule has 0 saturated carbocycles. The molecule has 6 nitrogen and oxygen atoms in total. The highest BCUT2D eigenvalue weighted by Gasteiger charge is 2.20. The maximum atomic E-state index is 13.3. The van der Waals surface area contributed by atoms with Crippen molar-refractivity contribution in [1.82, 2.24) is 14.8 Å². The number of anilines is 2. The summed E-state index contributed by atoms with van der Waals surface area (Å²) in [7, 11) is 0. The van der Waals surface area contributed by atoms with Crippen LogP contribution in [0.2, 0.25) is 0 Å². The van der Waals surface area contributed by atoms with E-state index in [1.165, 1.54) is 12.1 Å². The zero-order valence-corrected chi connectivity index (χ0v) is 19.6. The largest absolute Gasteiger partial charge is 0.484 e. The number of rotatable bonds is 8.